The zero-order valence-electron chi connectivity index (χ0n) is 14.4. The van der Waals surface area contributed by atoms with Crippen LogP contribution in [-0.4, -0.2) is 40.8 Å². The average Bonchev–Trinajstić information content (AvgIpc) is 3.16. The first kappa shape index (κ1) is 16.9. The van der Waals surface area contributed by atoms with Crippen LogP contribution in [0.5, 0.6) is 0 Å². The highest BCUT2D eigenvalue weighted by Gasteiger charge is 2.15. The summed E-state index contributed by atoms with van der Waals surface area (Å²) < 4.78 is 7.46. The predicted molar refractivity (Wildman–Crippen MR) is 105 cm³/mol. The molecular weight excluding hydrogens is 346 g/mol. The summed E-state index contributed by atoms with van der Waals surface area (Å²) in [7, 11) is 0. The Bertz CT molecular complexity index is 858. The SMILES string of the molecule is Nc1ccc(-n2ccnc2SCc2ccccc2N2CCOCC2)nc1. The van der Waals surface area contributed by atoms with Crippen LogP contribution in [-0.2, 0) is 10.5 Å². The van der Waals surface area contributed by atoms with Crippen molar-refractivity contribution in [1.29, 1.82) is 0 Å². The molecule has 0 amide bonds. The highest BCUT2D eigenvalue weighted by molar-refractivity contribution is 7.98. The zero-order chi connectivity index (χ0) is 17.8. The molecule has 26 heavy (non-hydrogen) atoms. The van der Waals surface area contributed by atoms with Crippen LogP contribution in [0.1, 0.15) is 5.56 Å². The number of nitrogens with zero attached hydrogens (tertiary/aromatic N) is 4. The first-order chi connectivity index (χ1) is 12.8. The Morgan fingerprint density at radius 2 is 1.92 bits per heavy atom. The number of imidazole rings is 1. The standard InChI is InChI=1S/C19H21N5OS/c20-16-5-6-18(22-13-16)24-8-7-21-19(24)26-14-15-3-1-2-4-17(15)23-9-11-25-12-10-23/h1-8,13H,9-12,14,20H2. The van der Waals surface area contributed by atoms with Crippen molar-refractivity contribution in [3.8, 4) is 5.82 Å². The molecule has 0 radical (unpaired) electrons. The van der Waals surface area contributed by atoms with Crippen LogP contribution in [0.3, 0.4) is 0 Å². The van der Waals surface area contributed by atoms with Gasteiger partial charge < -0.3 is 15.4 Å². The van der Waals surface area contributed by atoms with E-state index < -0.39 is 0 Å². The van der Waals surface area contributed by atoms with Gasteiger partial charge in [-0.25, -0.2) is 9.97 Å². The number of ether oxygens (including phenoxy) is 1. The van der Waals surface area contributed by atoms with Crippen molar-refractivity contribution in [2.24, 2.45) is 0 Å². The van der Waals surface area contributed by atoms with Gasteiger partial charge in [0, 0.05) is 36.9 Å². The number of hydrogen-bond acceptors (Lipinski definition) is 6. The van der Waals surface area contributed by atoms with Crippen molar-refractivity contribution >= 4 is 23.1 Å². The van der Waals surface area contributed by atoms with E-state index in [9.17, 15) is 0 Å². The third-order valence-corrected chi connectivity index (χ3v) is 5.34. The molecule has 0 unspecified atom stereocenters. The molecule has 1 fully saturated rings. The van der Waals surface area contributed by atoms with E-state index in [0.29, 0.717) is 5.69 Å². The monoisotopic (exact) mass is 367 g/mol. The first-order valence-electron chi connectivity index (χ1n) is 8.60. The molecule has 0 spiro atoms. The van der Waals surface area contributed by atoms with Crippen LogP contribution in [0, 0.1) is 0 Å². The van der Waals surface area contributed by atoms with Crippen LogP contribution in [0.4, 0.5) is 11.4 Å². The van der Waals surface area contributed by atoms with Gasteiger partial charge in [-0.05, 0) is 23.8 Å². The minimum absolute atomic E-state index is 0.655. The molecule has 7 heteroatoms. The number of anilines is 2. The Morgan fingerprint density at radius 3 is 2.73 bits per heavy atom. The van der Waals surface area contributed by atoms with Crippen molar-refractivity contribution in [3.63, 3.8) is 0 Å². The molecule has 2 aromatic heterocycles. The summed E-state index contributed by atoms with van der Waals surface area (Å²) in [5.74, 6) is 1.67. The van der Waals surface area contributed by atoms with E-state index in [0.717, 1.165) is 43.0 Å². The lowest BCUT2D eigenvalue weighted by Crippen LogP contribution is -2.36. The Hall–Kier alpha value is -2.51. The number of pyridine rings is 1. The smallest absolute Gasteiger partial charge is 0.174 e. The van der Waals surface area contributed by atoms with Crippen LogP contribution in [0.2, 0.25) is 0 Å². The van der Waals surface area contributed by atoms with Gasteiger partial charge in [-0.2, -0.15) is 0 Å². The molecule has 0 aliphatic carbocycles. The van der Waals surface area contributed by atoms with Gasteiger partial charge in [0.25, 0.3) is 0 Å². The van der Waals surface area contributed by atoms with Gasteiger partial charge in [0.2, 0.25) is 0 Å². The maximum Gasteiger partial charge on any atom is 0.174 e. The van der Waals surface area contributed by atoms with Crippen LogP contribution in [0.25, 0.3) is 5.82 Å². The number of rotatable bonds is 5. The number of nitrogen functional groups attached to an aromatic ring is 1. The summed E-state index contributed by atoms with van der Waals surface area (Å²) in [4.78, 5) is 11.3. The normalized spacial score (nSPS) is 14.5. The molecule has 3 heterocycles. The molecule has 0 atom stereocenters. The third-order valence-electron chi connectivity index (χ3n) is 4.32. The quantitative estimate of drug-likeness (QED) is 0.699. The van der Waals surface area contributed by atoms with Gasteiger partial charge in [0.05, 0.1) is 25.1 Å². The number of para-hydroxylation sites is 1. The van der Waals surface area contributed by atoms with E-state index >= 15 is 0 Å². The van der Waals surface area contributed by atoms with Gasteiger partial charge in [-0.15, -0.1) is 0 Å². The van der Waals surface area contributed by atoms with Crippen molar-refractivity contribution in [3.05, 3.63) is 60.6 Å². The van der Waals surface area contributed by atoms with Crippen molar-refractivity contribution < 1.29 is 4.74 Å². The van der Waals surface area contributed by atoms with Crippen molar-refractivity contribution in [2.75, 3.05) is 36.9 Å². The van der Waals surface area contributed by atoms with Crippen LogP contribution < -0.4 is 10.6 Å². The topological polar surface area (TPSA) is 69.2 Å². The fourth-order valence-electron chi connectivity index (χ4n) is 3.00. The molecule has 0 saturated carbocycles. The lowest BCUT2D eigenvalue weighted by Gasteiger charge is -2.30. The molecular formula is C19H21N5OS. The maximum atomic E-state index is 5.73. The van der Waals surface area contributed by atoms with Gasteiger partial charge in [0.15, 0.2) is 5.16 Å². The van der Waals surface area contributed by atoms with E-state index in [1.807, 2.05) is 22.9 Å². The fourth-order valence-corrected chi connectivity index (χ4v) is 3.96. The zero-order valence-corrected chi connectivity index (χ0v) is 15.2. The Morgan fingerprint density at radius 1 is 1.08 bits per heavy atom. The number of benzene rings is 1. The van der Waals surface area contributed by atoms with E-state index in [2.05, 4.69) is 39.1 Å². The Balaban J connectivity index is 1.52. The predicted octanol–water partition coefficient (Wildman–Crippen LogP) is 2.98. The van der Waals surface area contributed by atoms with Crippen molar-refractivity contribution in [1.82, 2.24) is 14.5 Å². The first-order valence-corrected chi connectivity index (χ1v) is 9.58. The number of hydrogen-bond donors (Lipinski definition) is 1. The fraction of sp³-hybridized carbons (Fsp3) is 0.263. The molecule has 6 nitrogen and oxygen atoms in total. The Labute approximate surface area is 157 Å². The molecule has 4 rings (SSSR count). The number of aromatic nitrogens is 3. The van der Waals surface area contributed by atoms with E-state index in [1.54, 1.807) is 24.2 Å². The van der Waals surface area contributed by atoms with Gasteiger partial charge in [-0.1, -0.05) is 30.0 Å². The van der Waals surface area contributed by atoms with E-state index in [-0.39, 0.29) is 0 Å². The molecule has 0 bridgehead atoms. The van der Waals surface area contributed by atoms with Gasteiger partial charge >= 0.3 is 0 Å². The minimum Gasteiger partial charge on any atom is -0.397 e. The Kier molecular flexibility index (Phi) is 5.08. The summed E-state index contributed by atoms with van der Waals surface area (Å²) in [6.07, 6.45) is 5.39. The van der Waals surface area contributed by atoms with E-state index in [4.69, 9.17) is 10.5 Å². The second kappa shape index (κ2) is 7.80. The molecule has 1 saturated heterocycles. The maximum absolute atomic E-state index is 5.73. The largest absolute Gasteiger partial charge is 0.397 e. The summed E-state index contributed by atoms with van der Waals surface area (Å²) in [6.45, 7) is 3.45. The second-order valence-corrected chi connectivity index (χ2v) is 6.99. The third kappa shape index (κ3) is 3.68. The summed E-state index contributed by atoms with van der Waals surface area (Å²) in [5, 5.41) is 0.916. The number of morpholine rings is 1. The van der Waals surface area contributed by atoms with Crippen molar-refractivity contribution in [2.45, 2.75) is 10.9 Å². The summed E-state index contributed by atoms with van der Waals surface area (Å²) in [5.41, 5.74) is 8.98. The lowest BCUT2D eigenvalue weighted by atomic mass is 10.1. The van der Waals surface area contributed by atoms with Gasteiger partial charge in [0.1, 0.15) is 5.82 Å². The highest BCUT2D eigenvalue weighted by atomic mass is 32.2. The lowest BCUT2D eigenvalue weighted by molar-refractivity contribution is 0.122. The van der Waals surface area contributed by atoms with Crippen LogP contribution in [0.15, 0.2) is 60.1 Å². The molecule has 1 aliphatic heterocycles. The molecule has 1 aliphatic rings. The second-order valence-electron chi connectivity index (χ2n) is 6.05. The molecule has 1 aromatic carbocycles. The average molecular weight is 367 g/mol. The molecule has 134 valence electrons. The minimum atomic E-state index is 0.655. The van der Waals surface area contributed by atoms with E-state index in [1.165, 1.54) is 11.3 Å². The summed E-state index contributed by atoms with van der Waals surface area (Å²) >= 11 is 1.71. The van der Waals surface area contributed by atoms with Crippen LogP contribution >= 0.6 is 11.8 Å². The van der Waals surface area contributed by atoms with Gasteiger partial charge in [-0.3, -0.25) is 4.57 Å². The number of nitrogens with two attached hydrogens (primary N) is 1. The molecule has 2 N–H and O–H groups in total. The molecule has 3 aromatic rings. The summed E-state index contributed by atoms with van der Waals surface area (Å²) in [6, 6.07) is 12.3. The number of thioether (sulfide) groups is 1. The highest BCUT2D eigenvalue weighted by Crippen LogP contribution is 2.29.